The Labute approximate surface area is 117 Å². The van der Waals surface area contributed by atoms with Gasteiger partial charge in [-0.3, -0.25) is 0 Å². The average Bonchev–Trinajstić information content (AvgIpc) is 2.96. The zero-order valence-corrected chi connectivity index (χ0v) is 11.6. The minimum atomic E-state index is 0.295. The second kappa shape index (κ2) is 7.27. The van der Waals surface area contributed by atoms with E-state index in [1.54, 1.807) is 6.07 Å². The first-order valence-electron chi connectivity index (χ1n) is 6.57. The van der Waals surface area contributed by atoms with Crippen molar-refractivity contribution in [1.29, 1.82) is 0 Å². The Kier molecular flexibility index (Phi) is 5.10. The van der Waals surface area contributed by atoms with Crippen LogP contribution in [0.1, 0.15) is 26.0 Å². The molecule has 0 bridgehead atoms. The molecule has 2 aromatic heterocycles. The second-order valence-electron chi connectivity index (χ2n) is 3.97. The van der Waals surface area contributed by atoms with Crippen molar-refractivity contribution in [3.05, 3.63) is 18.0 Å². The Hall–Kier alpha value is -2.38. The molecule has 2 aromatic rings. The highest BCUT2D eigenvalue weighted by atomic mass is 16.5. The Balaban J connectivity index is 2.06. The first-order chi connectivity index (χ1) is 9.81. The molecular weight excluding hydrogens is 260 g/mol. The Bertz CT molecular complexity index is 517. The van der Waals surface area contributed by atoms with Crippen LogP contribution >= 0.6 is 0 Å². The summed E-state index contributed by atoms with van der Waals surface area (Å²) in [4.78, 5) is 12.6. The smallest absolute Gasteiger partial charge is 0.323 e. The molecule has 0 unspecified atom stereocenters. The van der Waals surface area contributed by atoms with Gasteiger partial charge in [0, 0.05) is 12.6 Å². The van der Waals surface area contributed by atoms with Gasteiger partial charge in [-0.1, -0.05) is 12.1 Å². The van der Waals surface area contributed by atoms with Crippen LogP contribution < -0.4 is 15.4 Å². The number of rotatable bonds is 8. The summed E-state index contributed by atoms with van der Waals surface area (Å²) in [6.07, 6.45) is 2.50. The maximum absolute atomic E-state index is 5.33. The van der Waals surface area contributed by atoms with Crippen LogP contribution in [-0.4, -0.2) is 33.3 Å². The highest BCUT2D eigenvalue weighted by Gasteiger charge is 2.07. The van der Waals surface area contributed by atoms with Crippen LogP contribution in [0.4, 0.5) is 11.9 Å². The molecule has 0 atom stereocenters. The molecule has 0 amide bonds. The molecule has 2 heterocycles. The lowest BCUT2D eigenvalue weighted by Gasteiger charge is -2.08. The Morgan fingerprint density at radius 2 is 1.95 bits per heavy atom. The van der Waals surface area contributed by atoms with E-state index in [2.05, 4.69) is 37.7 Å². The van der Waals surface area contributed by atoms with Gasteiger partial charge >= 0.3 is 6.01 Å². The summed E-state index contributed by atoms with van der Waals surface area (Å²) < 4.78 is 10.1. The fourth-order valence-corrected chi connectivity index (χ4v) is 1.44. The fraction of sp³-hybridized carbons (Fsp3) is 0.500. The summed E-state index contributed by atoms with van der Waals surface area (Å²) in [6.45, 7) is 5.71. The predicted octanol–water partition coefficient (Wildman–Crippen LogP) is 1.69. The lowest BCUT2D eigenvalue weighted by Crippen LogP contribution is -2.11. The SMILES string of the molecule is CCCNc1nc(NCc2ccon2)nc(OCC)n1. The summed E-state index contributed by atoms with van der Waals surface area (Å²) in [5.41, 5.74) is 0.770. The zero-order valence-electron chi connectivity index (χ0n) is 11.6. The number of nitrogens with one attached hydrogen (secondary N) is 2. The van der Waals surface area contributed by atoms with Gasteiger partial charge in [-0.05, 0) is 13.3 Å². The lowest BCUT2D eigenvalue weighted by atomic mass is 10.4. The second-order valence-corrected chi connectivity index (χ2v) is 3.97. The molecule has 0 spiro atoms. The van der Waals surface area contributed by atoms with Gasteiger partial charge in [0.2, 0.25) is 11.9 Å². The van der Waals surface area contributed by atoms with Crippen molar-refractivity contribution in [1.82, 2.24) is 20.1 Å². The van der Waals surface area contributed by atoms with Crippen LogP contribution in [0.2, 0.25) is 0 Å². The normalized spacial score (nSPS) is 10.3. The standard InChI is InChI=1S/C12H18N6O2/c1-3-6-13-10-15-11(17-12(16-10)19-4-2)14-8-9-5-7-20-18-9/h5,7H,3-4,6,8H2,1-2H3,(H2,13,14,15,16,17). The molecule has 8 heteroatoms. The largest absolute Gasteiger partial charge is 0.464 e. The first kappa shape index (κ1) is 14.0. The van der Waals surface area contributed by atoms with Gasteiger partial charge in [-0.25, -0.2) is 0 Å². The summed E-state index contributed by atoms with van der Waals surface area (Å²) in [5, 5.41) is 9.97. The molecule has 2 rings (SSSR count). The minimum absolute atomic E-state index is 0.295. The van der Waals surface area contributed by atoms with Crippen molar-refractivity contribution in [2.75, 3.05) is 23.8 Å². The van der Waals surface area contributed by atoms with Crippen LogP contribution in [0.15, 0.2) is 16.9 Å². The maximum Gasteiger partial charge on any atom is 0.323 e. The number of nitrogens with zero attached hydrogens (tertiary/aromatic N) is 4. The summed E-state index contributed by atoms with van der Waals surface area (Å²) >= 11 is 0. The predicted molar refractivity (Wildman–Crippen MR) is 73.6 cm³/mol. The monoisotopic (exact) mass is 278 g/mol. The van der Waals surface area contributed by atoms with Crippen LogP contribution in [-0.2, 0) is 6.54 Å². The van der Waals surface area contributed by atoms with E-state index >= 15 is 0 Å². The molecule has 0 saturated heterocycles. The highest BCUT2D eigenvalue weighted by molar-refractivity contribution is 5.36. The van der Waals surface area contributed by atoms with Crippen molar-refractivity contribution in [3.8, 4) is 6.01 Å². The molecular formula is C12H18N6O2. The maximum atomic E-state index is 5.33. The molecule has 108 valence electrons. The van der Waals surface area contributed by atoms with E-state index in [9.17, 15) is 0 Å². The first-order valence-corrected chi connectivity index (χ1v) is 6.57. The Morgan fingerprint density at radius 3 is 2.60 bits per heavy atom. The molecule has 0 fully saturated rings. The molecule has 0 aromatic carbocycles. The quantitative estimate of drug-likeness (QED) is 0.752. The number of aromatic nitrogens is 4. The number of hydrogen-bond acceptors (Lipinski definition) is 8. The number of ether oxygens (including phenoxy) is 1. The van der Waals surface area contributed by atoms with E-state index in [-0.39, 0.29) is 0 Å². The Morgan fingerprint density at radius 1 is 1.15 bits per heavy atom. The van der Waals surface area contributed by atoms with E-state index in [1.807, 2.05) is 6.92 Å². The van der Waals surface area contributed by atoms with Crippen LogP contribution in [0.3, 0.4) is 0 Å². The van der Waals surface area contributed by atoms with Gasteiger partial charge in [-0.15, -0.1) is 0 Å². The topological polar surface area (TPSA) is 98.0 Å². The van der Waals surface area contributed by atoms with Crippen LogP contribution in [0.25, 0.3) is 0 Å². The van der Waals surface area contributed by atoms with Gasteiger partial charge in [0.1, 0.15) is 12.0 Å². The lowest BCUT2D eigenvalue weighted by molar-refractivity contribution is 0.312. The summed E-state index contributed by atoms with van der Waals surface area (Å²) in [6, 6.07) is 2.07. The third-order valence-corrected chi connectivity index (χ3v) is 2.34. The number of anilines is 2. The molecule has 8 nitrogen and oxygen atoms in total. The van der Waals surface area contributed by atoms with E-state index in [0.29, 0.717) is 31.1 Å². The molecule has 0 saturated carbocycles. The van der Waals surface area contributed by atoms with Crippen molar-refractivity contribution in [3.63, 3.8) is 0 Å². The zero-order chi connectivity index (χ0) is 14.2. The molecule has 2 N–H and O–H groups in total. The highest BCUT2D eigenvalue weighted by Crippen LogP contribution is 2.12. The van der Waals surface area contributed by atoms with Gasteiger partial charge < -0.3 is 19.9 Å². The van der Waals surface area contributed by atoms with Crippen molar-refractivity contribution in [2.45, 2.75) is 26.8 Å². The van der Waals surface area contributed by atoms with E-state index < -0.39 is 0 Å². The third-order valence-electron chi connectivity index (χ3n) is 2.34. The number of hydrogen-bond donors (Lipinski definition) is 2. The average molecular weight is 278 g/mol. The van der Waals surface area contributed by atoms with Gasteiger partial charge in [0.15, 0.2) is 0 Å². The van der Waals surface area contributed by atoms with E-state index in [0.717, 1.165) is 18.7 Å². The molecule has 0 radical (unpaired) electrons. The van der Waals surface area contributed by atoms with E-state index in [4.69, 9.17) is 9.26 Å². The van der Waals surface area contributed by atoms with Crippen molar-refractivity contribution < 1.29 is 9.26 Å². The van der Waals surface area contributed by atoms with Gasteiger partial charge in [-0.2, -0.15) is 15.0 Å². The summed E-state index contributed by atoms with van der Waals surface area (Å²) in [7, 11) is 0. The minimum Gasteiger partial charge on any atom is -0.464 e. The van der Waals surface area contributed by atoms with Crippen LogP contribution in [0.5, 0.6) is 6.01 Å². The van der Waals surface area contributed by atoms with Crippen molar-refractivity contribution in [2.24, 2.45) is 0 Å². The summed E-state index contributed by atoms with van der Waals surface area (Å²) in [5.74, 6) is 0.929. The van der Waals surface area contributed by atoms with Crippen LogP contribution in [0, 0.1) is 0 Å². The fourth-order valence-electron chi connectivity index (χ4n) is 1.44. The van der Waals surface area contributed by atoms with E-state index in [1.165, 1.54) is 6.26 Å². The molecule has 0 aliphatic rings. The molecule has 0 aliphatic heterocycles. The molecule has 0 aliphatic carbocycles. The molecule has 20 heavy (non-hydrogen) atoms. The van der Waals surface area contributed by atoms with Gasteiger partial charge in [0.05, 0.1) is 13.2 Å². The van der Waals surface area contributed by atoms with Gasteiger partial charge in [0.25, 0.3) is 0 Å². The third kappa shape index (κ3) is 4.08. The van der Waals surface area contributed by atoms with Crippen molar-refractivity contribution >= 4 is 11.9 Å².